The molecule has 0 unspecified atom stereocenters. The van der Waals surface area contributed by atoms with Crippen molar-refractivity contribution in [1.29, 1.82) is 0 Å². The quantitative estimate of drug-likeness (QED) is 0.372. The highest BCUT2D eigenvalue weighted by Crippen LogP contribution is 2.27. The average molecular weight is 177 g/mol. The molecule has 0 saturated carbocycles. The molecule has 1 rings (SSSR count). The van der Waals surface area contributed by atoms with Crippen molar-refractivity contribution in [2.75, 3.05) is 6.61 Å². The molecule has 5 nitrogen and oxygen atoms in total. The van der Waals surface area contributed by atoms with Crippen LogP contribution in [0.4, 0.5) is 0 Å². The maximum atomic E-state index is 9.49. The molecule has 0 aliphatic carbocycles. The Hall–Kier alpha value is -0.200. The number of hydrogen-bond donors (Lipinski definition) is 4. The second-order valence-electron chi connectivity index (χ2n) is 3.11. The van der Waals surface area contributed by atoms with Crippen LogP contribution in [0, 0.1) is 6.61 Å². The van der Waals surface area contributed by atoms with Crippen LogP contribution in [0.1, 0.15) is 6.92 Å². The molecule has 4 atom stereocenters. The molecule has 12 heavy (non-hydrogen) atoms. The third-order valence-corrected chi connectivity index (χ3v) is 2.11. The molecule has 1 aliphatic heterocycles. The number of aliphatic hydroxyl groups is 4. The van der Waals surface area contributed by atoms with Crippen LogP contribution in [0.3, 0.4) is 0 Å². The van der Waals surface area contributed by atoms with Crippen LogP contribution in [0.2, 0.25) is 0 Å². The molecule has 1 fully saturated rings. The van der Waals surface area contributed by atoms with Gasteiger partial charge in [-0.15, -0.1) is 0 Å². The summed E-state index contributed by atoms with van der Waals surface area (Å²) in [6.07, 6.45) is -3.40. The van der Waals surface area contributed by atoms with Gasteiger partial charge in [-0.1, -0.05) is 0 Å². The van der Waals surface area contributed by atoms with Crippen LogP contribution in [0.15, 0.2) is 0 Å². The van der Waals surface area contributed by atoms with E-state index in [-0.39, 0.29) is 0 Å². The van der Waals surface area contributed by atoms with Gasteiger partial charge >= 0.3 is 0 Å². The molecular formula is C7H13O5. The van der Waals surface area contributed by atoms with E-state index in [1.54, 1.807) is 0 Å². The Kier molecular flexibility index (Phi) is 2.70. The number of ether oxygens (including phenoxy) is 1. The summed E-state index contributed by atoms with van der Waals surface area (Å²) in [6, 6.07) is 0. The fourth-order valence-electron chi connectivity index (χ4n) is 1.08. The summed E-state index contributed by atoms with van der Waals surface area (Å²) in [5, 5.41) is 36.7. The monoisotopic (exact) mass is 177 g/mol. The molecule has 0 amide bonds. The number of hydrogen-bond acceptors (Lipinski definition) is 5. The average Bonchev–Trinajstić information content (AvgIpc) is 2.02. The van der Waals surface area contributed by atoms with Crippen molar-refractivity contribution < 1.29 is 25.2 Å². The fourth-order valence-corrected chi connectivity index (χ4v) is 1.08. The van der Waals surface area contributed by atoms with Gasteiger partial charge in [0, 0.05) is 0 Å². The highest BCUT2D eigenvalue weighted by Gasteiger charge is 2.47. The van der Waals surface area contributed by atoms with Gasteiger partial charge in [0.1, 0.15) is 30.5 Å². The molecule has 71 valence electrons. The van der Waals surface area contributed by atoms with Gasteiger partial charge in [0.25, 0.3) is 0 Å². The van der Waals surface area contributed by atoms with Gasteiger partial charge in [-0.3, -0.25) is 0 Å². The van der Waals surface area contributed by atoms with Crippen molar-refractivity contribution >= 4 is 0 Å². The Morgan fingerprint density at radius 1 is 1.50 bits per heavy atom. The maximum absolute atomic E-state index is 9.49. The van der Waals surface area contributed by atoms with Crippen molar-refractivity contribution in [3.8, 4) is 0 Å². The lowest BCUT2D eigenvalue weighted by Gasteiger charge is -2.41. The first kappa shape index (κ1) is 9.88. The van der Waals surface area contributed by atoms with Crippen LogP contribution < -0.4 is 0 Å². The standard InChI is InChI=1S/C7H13O5/c1-7(11)5(9)3-12-4(2-8)6(7)10/h3-6,8-11H,2H2,1H3/t4-,5-,6-,7-/m1/s1. The molecule has 1 heterocycles. The second kappa shape index (κ2) is 3.27. The van der Waals surface area contributed by atoms with E-state index in [1.807, 2.05) is 0 Å². The molecule has 0 aromatic heterocycles. The normalized spacial score (nSPS) is 49.2. The maximum Gasteiger partial charge on any atom is 0.119 e. The zero-order chi connectivity index (χ0) is 9.35. The van der Waals surface area contributed by atoms with Gasteiger partial charge < -0.3 is 25.2 Å². The van der Waals surface area contributed by atoms with E-state index < -0.39 is 30.5 Å². The van der Waals surface area contributed by atoms with Gasteiger partial charge in [-0.2, -0.15) is 0 Å². The van der Waals surface area contributed by atoms with E-state index >= 15 is 0 Å². The first-order valence-corrected chi connectivity index (χ1v) is 3.68. The molecular weight excluding hydrogens is 164 g/mol. The third kappa shape index (κ3) is 1.46. The number of rotatable bonds is 1. The van der Waals surface area contributed by atoms with E-state index in [0.717, 1.165) is 6.61 Å². The van der Waals surface area contributed by atoms with E-state index in [1.165, 1.54) is 6.92 Å². The first-order chi connectivity index (χ1) is 5.50. The van der Waals surface area contributed by atoms with Crippen molar-refractivity contribution in [1.82, 2.24) is 0 Å². The van der Waals surface area contributed by atoms with Crippen molar-refractivity contribution in [2.24, 2.45) is 0 Å². The van der Waals surface area contributed by atoms with Crippen molar-refractivity contribution in [3.63, 3.8) is 0 Å². The first-order valence-electron chi connectivity index (χ1n) is 3.68. The van der Waals surface area contributed by atoms with Crippen LogP contribution in [-0.4, -0.2) is 50.9 Å². The molecule has 1 saturated heterocycles. The predicted octanol–water partition coefficient (Wildman–Crippen LogP) is -1.99. The van der Waals surface area contributed by atoms with Gasteiger partial charge in [0.2, 0.25) is 0 Å². The van der Waals surface area contributed by atoms with Crippen LogP contribution in [0.25, 0.3) is 0 Å². The van der Waals surface area contributed by atoms with E-state index in [9.17, 15) is 10.2 Å². The van der Waals surface area contributed by atoms with E-state index in [0.29, 0.717) is 0 Å². The van der Waals surface area contributed by atoms with Gasteiger partial charge in [0.05, 0.1) is 6.61 Å². The summed E-state index contributed by atoms with van der Waals surface area (Å²) in [7, 11) is 0. The molecule has 0 spiro atoms. The topological polar surface area (TPSA) is 90.2 Å². The summed E-state index contributed by atoms with van der Waals surface area (Å²) in [5.74, 6) is 0. The summed E-state index contributed by atoms with van der Waals surface area (Å²) in [5.41, 5.74) is -1.66. The molecule has 4 N–H and O–H groups in total. The Balaban J connectivity index is 2.71. The largest absolute Gasteiger partial charge is 0.394 e. The lowest BCUT2D eigenvalue weighted by molar-refractivity contribution is -0.218. The van der Waals surface area contributed by atoms with E-state index in [4.69, 9.17) is 14.9 Å². The summed E-state index contributed by atoms with van der Waals surface area (Å²) in [6.45, 7) is 1.89. The van der Waals surface area contributed by atoms with Gasteiger partial charge in [-0.25, -0.2) is 0 Å². The van der Waals surface area contributed by atoms with Crippen LogP contribution in [-0.2, 0) is 4.74 Å². The Bertz CT molecular complexity index is 158. The summed E-state index contributed by atoms with van der Waals surface area (Å²) < 4.78 is 4.75. The Morgan fingerprint density at radius 2 is 2.08 bits per heavy atom. The van der Waals surface area contributed by atoms with Crippen LogP contribution in [0.5, 0.6) is 0 Å². The smallest absolute Gasteiger partial charge is 0.119 e. The van der Waals surface area contributed by atoms with Crippen LogP contribution >= 0.6 is 0 Å². The van der Waals surface area contributed by atoms with Gasteiger partial charge in [0.15, 0.2) is 0 Å². The van der Waals surface area contributed by atoms with Crippen molar-refractivity contribution in [2.45, 2.75) is 30.8 Å². The lowest BCUT2D eigenvalue weighted by atomic mass is 9.87. The summed E-state index contributed by atoms with van der Waals surface area (Å²) >= 11 is 0. The van der Waals surface area contributed by atoms with Crippen molar-refractivity contribution in [3.05, 3.63) is 6.61 Å². The minimum Gasteiger partial charge on any atom is -0.394 e. The second-order valence-corrected chi connectivity index (χ2v) is 3.11. The Labute approximate surface area is 70.2 Å². The molecule has 1 aliphatic rings. The molecule has 0 aromatic carbocycles. The third-order valence-electron chi connectivity index (χ3n) is 2.11. The minimum atomic E-state index is -1.66. The molecule has 0 aromatic rings. The van der Waals surface area contributed by atoms with E-state index in [2.05, 4.69) is 0 Å². The zero-order valence-corrected chi connectivity index (χ0v) is 6.71. The summed E-state index contributed by atoms with van der Waals surface area (Å²) in [4.78, 5) is 0. The predicted molar refractivity (Wildman–Crippen MR) is 38.9 cm³/mol. The number of aliphatic hydroxyl groups excluding tert-OH is 3. The SMILES string of the molecule is C[C@@]1(O)[C@H](O)[CH]O[C@H](CO)[C@H]1O. The fraction of sp³-hybridized carbons (Fsp3) is 0.857. The highest BCUT2D eigenvalue weighted by atomic mass is 16.5. The highest BCUT2D eigenvalue weighted by molar-refractivity contribution is 5.00. The zero-order valence-electron chi connectivity index (χ0n) is 6.71. The van der Waals surface area contributed by atoms with Gasteiger partial charge in [-0.05, 0) is 6.92 Å². The minimum absolute atomic E-state index is 0.402. The molecule has 0 bridgehead atoms. The molecule has 1 radical (unpaired) electrons. The lowest BCUT2D eigenvalue weighted by Crippen LogP contribution is -2.60. The Morgan fingerprint density at radius 3 is 2.58 bits per heavy atom. The molecule has 5 heteroatoms.